The predicted octanol–water partition coefficient (Wildman–Crippen LogP) is 2.25. The number of hydrogen-bond acceptors (Lipinski definition) is 4. The second-order valence-electron chi connectivity index (χ2n) is 6.17. The zero-order valence-corrected chi connectivity index (χ0v) is 15.5. The van der Waals surface area contributed by atoms with Crippen LogP contribution < -0.4 is 10.6 Å². The quantitative estimate of drug-likeness (QED) is 0.381. The van der Waals surface area contributed by atoms with Crippen molar-refractivity contribution in [2.45, 2.75) is 31.2 Å². The van der Waals surface area contributed by atoms with Crippen LogP contribution in [-0.4, -0.2) is 50.2 Å². The van der Waals surface area contributed by atoms with E-state index in [9.17, 15) is 5.11 Å². The first-order valence-electron chi connectivity index (χ1n) is 8.55. The normalized spacial score (nSPS) is 21.0. The van der Waals surface area contributed by atoms with Crippen LogP contribution in [0.4, 0.5) is 0 Å². The Balaban J connectivity index is 1.94. The molecule has 0 saturated carbocycles. The summed E-state index contributed by atoms with van der Waals surface area (Å²) in [6.45, 7) is 5.97. The van der Waals surface area contributed by atoms with Crippen LogP contribution in [0.2, 0.25) is 0 Å². The zero-order chi connectivity index (χ0) is 17.3. The van der Waals surface area contributed by atoms with Gasteiger partial charge in [0.2, 0.25) is 0 Å². The van der Waals surface area contributed by atoms with Crippen LogP contribution in [0.1, 0.15) is 25.3 Å². The van der Waals surface area contributed by atoms with Crippen molar-refractivity contribution in [1.82, 2.24) is 10.6 Å². The molecule has 2 rings (SSSR count). The van der Waals surface area contributed by atoms with E-state index in [0.29, 0.717) is 13.2 Å². The summed E-state index contributed by atoms with van der Waals surface area (Å²) >= 11 is 1.74. The van der Waals surface area contributed by atoms with E-state index >= 15 is 0 Å². The molecule has 1 atom stereocenters. The lowest BCUT2D eigenvalue weighted by molar-refractivity contribution is 0.127. The van der Waals surface area contributed by atoms with Crippen molar-refractivity contribution >= 4 is 17.7 Å². The van der Waals surface area contributed by atoms with Gasteiger partial charge in [0.05, 0.1) is 13.2 Å². The smallest absolute Gasteiger partial charge is 0.191 e. The van der Waals surface area contributed by atoms with E-state index in [1.165, 1.54) is 10.5 Å². The molecule has 134 valence electrons. The summed E-state index contributed by atoms with van der Waals surface area (Å²) in [6.07, 6.45) is 3.82. The number of benzene rings is 1. The van der Waals surface area contributed by atoms with E-state index in [2.05, 4.69) is 53.1 Å². The van der Waals surface area contributed by atoms with E-state index < -0.39 is 0 Å². The number of hydrogen-bond donors (Lipinski definition) is 3. The monoisotopic (exact) mass is 351 g/mol. The number of ether oxygens (including phenoxy) is 1. The molecular formula is C18H29N3O2S. The fraction of sp³-hybridized carbons (Fsp3) is 0.611. The summed E-state index contributed by atoms with van der Waals surface area (Å²) < 4.78 is 5.54. The molecule has 1 aromatic carbocycles. The van der Waals surface area contributed by atoms with Crippen LogP contribution in [0.5, 0.6) is 0 Å². The van der Waals surface area contributed by atoms with E-state index in [1.54, 1.807) is 11.8 Å². The number of guanidine groups is 1. The third kappa shape index (κ3) is 5.69. The summed E-state index contributed by atoms with van der Waals surface area (Å²) in [5.74, 6) is 0.815. The van der Waals surface area contributed by atoms with Gasteiger partial charge in [-0.3, -0.25) is 0 Å². The Morgan fingerprint density at radius 2 is 2.12 bits per heavy atom. The summed E-state index contributed by atoms with van der Waals surface area (Å²) in [4.78, 5) is 5.94. The van der Waals surface area contributed by atoms with E-state index in [1.807, 2.05) is 0 Å². The van der Waals surface area contributed by atoms with Crippen molar-refractivity contribution in [3.05, 3.63) is 29.8 Å². The number of thioether (sulfide) groups is 1. The van der Waals surface area contributed by atoms with Crippen LogP contribution in [0.15, 0.2) is 34.2 Å². The molecule has 1 aromatic rings. The van der Waals surface area contributed by atoms with Crippen molar-refractivity contribution in [2.24, 2.45) is 10.4 Å². The molecular weight excluding hydrogens is 322 g/mol. The number of aliphatic hydroxyl groups excluding tert-OH is 1. The Morgan fingerprint density at radius 1 is 1.33 bits per heavy atom. The van der Waals surface area contributed by atoms with Crippen LogP contribution in [0.3, 0.4) is 0 Å². The minimum atomic E-state index is 0.0188. The molecule has 3 N–H and O–H groups in total. The van der Waals surface area contributed by atoms with Gasteiger partial charge in [-0.1, -0.05) is 12.1 Å². The van der Waals surface area contributed by atoms with Crippen molar-refractivity contribution in [3.63, 3.8) is 0 Å². The van der Waals surface area contributed by atoms with Crippen LogP contribution >= 0.6 is 11.8 Å². The van der Waals surface area contributed by atoms with Gasteiger partial charge in [0.25, 0.3) is 0 Å². The lowest BCUT2D eigenvalue weighted by Gasteiger charge is -2.27. The molecule has 6 heteroatoms. The van der Waals surface area contributed by atoms with Gasteiger partial charge in [0, 0.05) is 36.6 Å². The minimum absolute atomic E-state index is 0.0188. The Bertz CT molecular complexity index is 514. The van der Waals surface area contributed by atoms with Gasteiger partial charge in [-0.15, -0.1) is 11.8 Å². The van der Waals surface area contributed by atoms with Crippen LogP contribution in [-0.2, 0) is 11.3 Å². The lowest BCUT2D eigenvalue weighted by Crippen LogP contribution is -2.44. The SMILES string of the molecule is CCNC(=NCc1ccc(SC)cc1)NCC1(CCO)CCOC1. The molecule has 1 aliphatic rings. The van der Waals surface area contributed by atoms with Gasteiger partial charge < -0.3 is 20.5 Å². The van der Waals surface area contributed by atoms with Crippen molar-refractivity contribution < 1.29 is 9.84 Å². The Labute approximate surface area is 149 Å². The predicted molar refractivity (Wildman–Crippen MR) is 101 cm³/mol. The molecule has 5 nitrogen and oxygen atoms in total. The maximum absolute atomic E-state index is 9.32. The third-order valence-electron chi connectivity index (χ3n) is 4.38. The summed E-state index contributed by atoms with van der Waals surface area (Å²) in [5, 5.41) is 16.0. The van der Waals surface area contributed by atoms with Crippen molar-refractivity contribution in [2.75, 3.05) is 39.2 Å². The molecule has 0 radical (unpaired) electrons. The van der Waals surface area contributed by atoms with Gasteiger partial charge in [-0.2, -0.15) is 0 Å². The van der Waals surface area contributed by atoms with Gasteiger partial charge in [0.1, 0.15) is 0 Å². The maximum atomic E-state index is 9.32. The second kappa shape index (κ2) is 9.91. The Hall–Kier alpha value is -1.24. The highest BCUT2D eigenvalue weighted by atomic mass is 32.2. The molecule has 24 heavy (non-hydrogen) atoms. The summed E-state index contributed by atoms with van der Waals surface area (Å²) in [7, 11) is 0. The van der Waals surface area contributed by atoms with Crippen molar-refractivity contribution in [1.29, 1.82) is 0 Å². The van der Waals surface area contributed by atoms with Crippen molar-refractivity contribution in [3.8, 4) is 0 Å². The molecule has 1 aliphatic heterocycles. The fourth-order valence-corrected chi connectivity index (χ4v) is 3.23. The third-order valence-corrected chi connectivity index (χ3v) is 5.12. The fourth-order valence-electron chi connectivity index (χ4n) is 2.83. The van der Waals surface area contributed by atoms with Crippen LogP contribution in [0.25, 0.3) is 0 Å². The summed E-state index contributed by atoms with van der Waals surface area (Å²) in [5.41, 5.74) is 1.21. The molecule has 0 aromatic heterocycles. The second-order valence-corrected chi connectivity index (χ2v) is 7.05. The van der Waals surface area contributed by atoms with Gasteiger partial charge in [-0.05, 0) is 43.7 Å². The highest BCUT2D eigenvalue weighted by Crippen LogP contribution is 2.31. The molecule has 1 unspecified atom stereocenters. The first-order valence-corrected chi connectivity index (χ1v) is 9.77. The number of nitrogens with zero attached hydrogens (tertiary/aromatic N) is 1. The van der Waals surface area contributed by atoms with E-state index in [0.717, 1.165) is 38.5 Å². The largest absolute Gasteiger partial charge is 0.396 e. The molecule has 1 heterocycles. The Kier molecular flexibility index (Phi) is 7.88. The number of rotatable bonds is 8. The summed E-state index contributed by atoms with van der Waals surface area (Å²) in [6, 6.07) is 8.50. The van der Waals surface area contributed by atoms with Crippen LogP contribution in [0, 0.1) is 5.41 Å². The highest BCUT2D eigenvalue weighted by Gasteiger charge is 2.34. The molecule has 0 amide bonds. The Morgan fingerprint density at radius 3 is 2.71 bits per heavy atom. The lowest BCUT2D eigenvalue weighted by atomic mass is 9.84. The molecule has 1 saturated heterocycles. The minimum Gasteiger partial charge on any atom is -0.396 e. The average molecular weight is 352 g/mol. The number of aliphatic hydroxyl groups is 1. The first kappa shape index (κ1) is 19.1. The average Bonchev–Trinajstić information content (AvgIpc) is 3.07. The van der Waals surface area contributed by atoms with Gasteiger partial charge >= 0.3 is 0 Å². The molecule has 0 bridgehead atoms. The molecule has 1 fully saturated rings. The number of nitrogens with one attached hydrogen (secondary N) is 2. The van der Waals surface area contributed by atoms with Gasteiger partial charge in [0.15, 0.2) is 5.96 Å². The van der Waals surface area contributed by atoms with E-state index in [4.69, 9.17) is 4.74 Å². The molecule has 0 spiro atoms. The standard InChI is InChI=1S/C18H29N3O2S/c1-3-19-17(20-12-15-4-6-16(24-2)7-5-15)21-13-18(8-10-22)9-11-23-14-18/h4-7,22H,3,8-14H2,1-2H3,(H2,19,20,21). The maximum Gasteiger partial charge on any atom is 0.191 e. The zero-order valence-electron chi connectivity index (χ0n) is 14.7. The highest BCUT2D eigenvalue weighted by molar-refractivity contribution is 7.98. The number of aliphatic imine (C=N–C) groups is 1. The van der Waals surface area contributed by atoms with Gasteiger partial charge in [-0.25, -0.2) is 4.99 Å². The topological polar surface area (TPSA) is 65.9 Å². The van der Waals surface area contributed by atoms with E-state index in [-0.39, 0.29) is 12.0 Å². The first-order chi connectivity index (χ1) is 11.7. The molecule has 0 aliphatic carbocycles.